The van der Waals surface area contributed by atoms with Crippen molar-refractivity contribution in [3.63, 3.8) is 0 Å². The van der Waals surface area contributed by atoms with Crippen molar-refractivity contribution in [1.82, 2.24) is 5.32 Å². The molecule has 1 atom stereocenters. The van der Waals surface area contributed by atoms with Gasteiger partial charge in [-0.25, -0.2) is 4.39 Å². The van der Waals surface area contributed by atoms with Gasteiger partial charge in [-0.05, 0) is 36.2 Å². The summed E-state index contributed by atoms with van der Waals surface area (Å²) in [4.78, 5) is 23.1. The van der Waals surface area contributed by atoms with Gasteiger partial charge in [0.1, 0.15) is 5.82 Å². The van der Waals surface area contributed by atoms with Gasteiger partial charge in [-0.2, -0.15) is 0 Å². The number of hydrogen-bond acceptors (Lipinski definition) is 3. The molecule has 0 saturated carbocycles. The van der Waals surface area contributed by atoms with Crippen molar-refractivity contribution in [1.29, 1.82) is 0 Å². The summed E-state index contributed by atoms with van der Waals surface area (Å²) < 4.78 is 12.8. The van der Waals surface area contributed by atoms with Gasteiger partial charge in [-0.1, -0.05) is 30.3 Å². The van der Waals surface area contributed by atoms with Crippen LogP contribution in [0.3, 0.4) is 0 Å². The molecule has 1 unspecified atom stereocenters. The number of carbonyl (C=O) groups is 2. The van der Waals surface area contributed by atoms with Gasteiger partial charge in [0.15, 0.2) is 0 Å². The predicted octanol–water partition coefficient (Wildman–Crippen LogP) is 0.917. The summed E-state index contributed by atoms with van der Waals surface area (Å²) in [6.07, 6.45) is 0.121. The highest BCUT2D eigenvalue weighted by molar-refractivity contribution is 5.96. The van der Waals surface area contributed by atoms with Crippen LogP contribution in [0.4, 0.5) is 4.39 Å². The molecule has 5 heteroatoms. The summed E-state index contributed by atoms with van der Waals surface area (Å²) in [6, 6.07) is 12.6. The molecule has 0 fully saturated rings. The van der Waals surface area contributed by atoms with Gasteiger partial charge in [-0.15, -0.1) is 0 Å². The average molecular weight is 286 g/mol. The molecule has 2 rings (SSSR count). The van der Waals surface area contributed by atoms with Gasteiger partial charge in [0.25, 0.3) is 5.91 Å². The molecule has 21 heavy (non-hydrogen) atoms. The van der Waals surface area contributed by atoms with E-state index in [1.165, 1.54) is 12.1 Å². The van der Waals surface area contributed by atoms with Crippen molar-refractivity contribution in [2.24, 2.45) is 0 Å². The third-order valence-corrected chi connectivity index (χ3v) is 2.98. The third kappa shape index (κ3) is 4.14. The lowest BCUT2D eigenvalue weighted by Gasteiger charge is -2.20. The lowest BCUT2D eigenvalue weighted by Crippen LogP contribution is -2.49. The molecule has 0 spiro atoms. The fourth-order valence-electron chi connectivity index (χ4n) is 1.89. The van der Waals surface area contributed by atoms with Gasteiger partial charge in [0.05, 0.1) is 12.0 Å². The van der Waals surface area contributed by atoms with Crippen LogP contribution in [0.2, 0.25) is 0 Å². The monoisotopic (exact) mass is 286 g/mol. The molecule has 0 bridgehead atoms. The Bertz CT molecular complexity index is 626. The highest BCUT2D eigenvalue weighted by Crippen LogP contribution is 2.06. The third-order valence-electron chi connectivity index (χ3n) is 2.98. The average Bonchev–Trinajstić information content (AvgIpc) is 2.48. The van der Waals surface area contributed by atoms with E-state index in [1.54, 1.807) is 24.3 Å². The molecule has 4 nitrogen and oxygen atoms in total. The van der Waals surface area contributed by atoms with Crippen LogP contribution in [0.15, 0.2) is 54.6 Å². The van der Waals surface area contributed by atoms with Crippen LogP contribution in [-0.4, -0.2) is 17.9 Å². The van der Waals surface area contributed by atoms with E-state index < -0.39 is 23.7 Å². The summed E-state index contributed by atoms with van der Waals surface area (Å²) in [5, 5.41) is 13.5. The molecule has 2 aromatic carbocycles. The minimum absolute atomic E-state index is 0.121. The van der Waals surface area contributed by atoms with Gasteiger partial charge in [0, 0.05) is 5.56 Å². The van der Waals surface area contributed by atoms with E-state index in [4.69, 9.17) is 0 Å². The maximum Gasteiger partial charge on any atom is 0.251 e. The van der Waals surface area contributed by atoms with Crippen LogP contribution in [0, 0.1) is 5.82 Å². The molecule has 1 amide bonds. The number of benzene rings is 2. The van der Waals surface area contributed by atoms with Crippen LogP contribution >= 0.6 is 0 Å². The lowest BCUT2D eigenvalue weighted by atomic mass is 10.1. The van der Waals surface area contributed by atoms with E-state index >= 15 is 0 Å². The first-order chi connectivity index (χ1) is 10.1. The molecular formula is C16H13FNO3-. The van der Waals surface area contributed by atoms with E-state index in [1.807, 2.05) is 6.07 Å². The Morgan fingerprint density at radius 3 is 2.24 bits per heavy atom. The Balaban J connectivity index is 2.07. The molecule has 108 valence electrons. The van der Waals surface area contributed by atoms with Crippen LogP contribution in [0.1, 0.15) is 15.9 Å². The van der Waals surface area contributed by atoms with Crippen molar-refractivity contribution in [3.05, 3.63) is 71.5 Å². The summed E-state index contributed by atoms with van der Waals surface area (Å²) in [7, 11) is 0. The van der Waals surface area contributed by atoms with Crippen molar-refractivity contribution >= 4 is 11.9 Å². The molecule has 0 aromatic heterocycles. The normalized spacial score (nSPS) is 11.7. The quantitative estimate of drug-likeness (QED) is 0.888. The molecule has 0 saturated heterocycles. The molecule has 2 aromatic rings. The first-order valence-corrected chi connectivity index (χ1v) is 6.37. The van der Waals surface area contributed by atoms with Gasteiger partial charge in [-0.3, -0.25) is 4.79 Å². The van der Waals surface area contributed by atoms with E-state index in [2.05, 4.69) is 5.32 Å². The molecule has 1 N–H and O–H groups in total. The van der Waals surface area contributed by atoms with Crippen LogP contribution in [0.5, 0.6) is 0 Å². The standard InChI is InChI=1S/C16H14FNO3/c17-13-8-6-12(7-9-13)15(19)18-14(16(20)21)10-11-4-2-1-3-5-11/h1-9,14H,10H2,(H,18,19)(H,20,21)/p-1. The zero-order chi connectivity index (χ0) is 15.2. The lowest BCUT2D eigenvalue weighted by molar-refractivity contribution is -0.308. The number of carbonyl (C=O) groups excluding carboxylic acids is 2. The number of halogens is 1. The predicted molar refractivity (Wildman–Crippen MR) is 72.8 cm³/mol. The highest BCUT2D eigenvalue weighted by atomic mass is 19.1. The SMILES string of the molecule is O=C(NC(Cc1ccccc1)C(=O)[O-])c1ccc(F)cc1. The fraction of sp³-hybridized carbons (Fsp3) is 0.125. The fourth-order valence-corrected chi connectivity index (χ4v) is 1.89. The summed E-state index contributed by atoms with van der Waals surface area (Å²) in [5.74, 6) is -2.42. The Labute approximate surface area is 121 Å². The first kappa shape index (κ1) is 14.7. The number of carboxylic acid groups (broad SMARTS) is 1. The number of hydrogen-bond donors (Lipinski definition) is 1. The zero-order valence-electron chi connectivity index (χ0n) is 11.1. The number of rotatable bonds is 5. The van der Waals surface area contributed by atoms with Crippen LogP contribution < -0.4 is 10.4 Å². The van der Waals surface area contributed by atoms with E-state index in [-0.39, 0.29) is 12.0 Å². The largest absolute Gasteiger partial charge is 0.548 e. The van der Waals surface area contributed by atoms with E-state index in [0.29, 0.717) is 0 Å². The second kappa shape index (κ2) is 6.65. The summed E-state index contributed by atoms with van der Waals surface area (Å²) in [5.41, 5.74) is 0.960. The second-order valence-corrected chi connectivity index (χ2v) is 4.54. The highest BCUT2D eigenvalue weighted by Gasteiger charge is 2.15. The number of amides is 1. The Kier molecular flexibility index (Phi) is 4.66. The Morgan fingerprint density at radius 1 is 1.05 bits per heavy atom. The van der Waals surface area contributed by atoms with Crippen LogP contribution in [0.25, 0.3) is 0 Å². The maximum absolute atomic E-state index is 12.8. The van der Waals surface area contributed by atoms with Crippen molar-refractivity contribution < 1.29 is 19.1 Å². The molecule has 0 aliphatic rings. The first-order valence-electron chi connectivity index (χ1n) is 6.37. The number of nitrogens with one attached hydrogen (secondary N) is 1. The smallest absolute Gasteiger partial charge is 0.251 e. The molecular weight excluding hydrogens is 273 g/mol. The molecule has 0 aliphatic heterocycles. The van der Waals surface area contributed by atoms with Crippen molar-refractivity contribution in [3.8, 4) is 0 Å². The minimum Gasteiger partial charge on any atom is -0.548 e. The van der Waals surface area contributed by atoms with E-state index in [0.717, 1.165) is 17.7 Å². The summed E-state index contributed by atoms with van der Waals surface area (Å²) >= 11 is 0. The number of aliphatic carboxylic acids is 1. The topological polar surface area (TPSA) is 69.2 Å². The van der Waals surface area contributed by atoms with Crippen molar-refractivity contribution in [2.75, 3.05) is 0 Å². The van der Waals surface area contributed by atoms with Gasteiger partial charge >= 0.3 is 0 Å². The van der Waals surface area contributed by atoms with Crippen molar-refractivity contribution in [2.45, 2.75) is 12.5 Å². The Morgan fingerprint density at radius 2 is 1.67 bits per heavy atom. The zero-order valence-corrected chi connectivity index (χ0v) is 11.1. The Hall–Kier alpha value is -2.69. The van der Waals surface area contributed by atoms with Gasteiger partial charge < -0.3 is 15.2 Å². The van der Waals surface area contributed by atoms with Gasteiger partial charge in [0.2, 0.25) is 0 Å². The minimum atomic E-state index is -1.37. The molecule has 0 aliphatic carbocycles. The maximum atomic E-state index is 12.8. The summed E-state index contributed by atoms with van der Waals surface area (Å²) in [6.45, 7) is 0. The molecule has 0 heterocycles. The number of carboxylic acids is 1. The second-order valence-electron chi connectivity index (χ2n) is 4.54. The molecule has 0 radical (unpaired) electrons. The van der Waals surface area contributed by atoms with E-state index in [9.17, 15) is 19.1 Å². The van der Waals surface area contributed by atoms with Crippen LogP contribution in [-0.2, 0) is 11.2 Å².